The van der Waals surface area contributed by atoms with E-state index in [9.17, 15) is 0 Å². The standard InChI is InChI=1S/C17H37NO/c1-5-6-10-17(4)11-7-8-13-19-14-9-12-18-15-16(2)3/h16-18H,5-15H2,1-4H3. The van der Waals surface area contributed by atoms with E-state index in [1.807, 2.05) is 0 Å². The molecule has 0 aromatic heterocycles. The van der Waals surface area contributed by atoms with Crippen LogP contribution in [0.25, 0.3) is 0 Å². The maximum Gasteiger partial charge on any atom is 0.0478 e. The minimum atomic E-state index is 0.746. The molecule has 0 amide bonds. The minimum absolute atomic E-state index is 0.746. The largest absolute Gasteiger partial charge is 0.381 e. The number of hydrogen-bond donors (Lipinski definition) is 1. The quantitative estimate of drug-likeness (QED) is 0.465. The van der Waals surface area contributed by atoms with Crippen molar-refractivity contribution in [2.24, 2.45) is 11.8 Å². The second-order valence-corrected chi connectivity index (χ2v) is 6.31. The molecule has 1 atom stereocenters. The molecule has 2 heteroatoms. The molecule has 116 valence electrons. The van der Waals surface area contributed by atoms with Crippen LogP contribution in [0.5, 0.6) is 0 Å². The molecule has 0 aromatic carbocycles. The highest BCUT2D eigenvalue weighted by atomic mass is 16.5. The maximum absolute atomic E-state index is 5.66. The van der Waals surface area contributed by atoms with Gasteiger partial charge in [0.25, 0.3) is 0 Å². The zero-order chi connectivity index (χ0) is 14.3. The van der Waals surface area contributed by atoms with Gasteiger partial charge in [-0.2, -0.15) is 0 Å². The Balaban J connectivity index is 3.06. The highest BCUT2D eigenvalue weighted by molar-refractivity contribution is 4.54. The van der Waals surface area contributed by atoms with Crippen molar-refractivity contribution in [3.8, 4) is 0 Å². The molecule has 0 heterocycles. The highest BCUT2D eigenvalue weighted by Gasteiger charge is 2.01. The summed E-state index contributed by atoms with van der Waals surface area (Å²) in [4.78, 5) is 0. The molecule has 19 heavy (non-hydrogen) atoms. The van der Waals surface area contributed by atoms with Crippen molar-refractivity contribution >= 4 is 0 Å². The van der Waals surface area contributed by atoms with Crippen molar-refractivity contribution in [2.75, 3.05) is 26.3 Å². The minimum Gasteiger partial charge on any atom is -0.381 e. The predicted octanol–water partition coefficient (Wildman–Crippen LogP) is 4.64. The van der Waals surface area contributed by atoms with Gasteiger partial charge >= 0.3 is 0 Å². The SMILES string of the molecule is CCCCC(C)CCCCOCCCNCC(C)C. The van der Waals surface area contributed by atoms with Crippen molar-refractivity contribution in [2.45, 2.75) is 72.6 Å². The van der Waals surface area contributed by atoms with E-state index in [-0.39, 0.29) is 0 Å². The Kier molecular flexibility index (Phi) is 14.3. The summed E-state index contributed by atoms with van der Waals surface area (Å²) in [6, 6.07) is 0. The van der Waals surface area contributed by atoms with Gasteiger partial charge < -0.3 is 10.1 Å². The summed E-state index contributed by atoms with van der Waals surface area (Å²) >= 11 is 0. The second kappa shape index (κ2) is 14.3. The lowest BCUT2D eigenvalue weighted by atomic mass is 9.98. The van der Waals surface area contributed by atoms with E-state index in [1.165, 1.54) is 38.5 Å². The number of hydrogen-bond acceptors (Lipinski definition) is 2. The molecule has 0 bridgehead atoms. The Hall–Kier alpha value is -0.0800. The average Bonchev–Trinajstić information content (AvgIpc) is 2.38. The molecular weight excluding hydrogens is 234 g/mol. The number of nitrogens with one attached hydrogen (secondary N) is 1. The molecule has 2 nitrogen and oxygen atoms in total. The van der Waals surface area contributed by atoms with E-state index in [0.717, 1.165) is 44.6 Å². The first-order chi connectivity index (χ1) is 9.16. The van der Waals surface area contributed by atoms with Crippen LogP contribution in [-0.4, -0.2) is 26.3 Å². The van der Waals surface area contributed by atoms with Crippen molar-refractivity contribution in [3.05, 3.63) is 0 Å². The summed E-state index contributed by atoms with van der Waals surface area (Å²) < 4.78 is 5.66. The first kappa shape index (κ1) is 18.9. The Bertz CT molecular complexity index is 171. The molecule has 0 spiro atoms. The third-order valence-corrected chi connectivity index (χ3v) is 3.48. The van der Waals surface area contributed by atoms with Crippen LogP contribution in [0.4, 0.5) is 0 Å². The Labute approximate surface area is 121 Å². The number of ether oxygens (including phenoxy) is 1. The van der Waals surface area contributed by atoms with E-state index < -0.39 is 0 Å². The molecule has 0 saturated carbocycles. The van der Waals surface area contributed by atoms with Gasteiger partial charge in [0.2, 0.25) is 0 Å². The van der Waals surface area contributed by atoms with Crippen LogP contribution in [0, 0.1) is 11.8 Å². The van der Waals surface area contributed by atoms with Gasteiger partial charge in [-0.1, -0.05) is 59.8 Å². The van der Waals surface area contributed by atoms with Gasteiger partial charge in [-0.25, -0.2) is 0 Å². The van der Waals surface area contributed by atoms with Crippen LogP contribution >= 0.6 is 0 Å². The summed E-state index contributed by atoms with van der Waals surface area (Å²) in [6.45, 7) is 13.2. The fraction of sp³-hybridized carbons (Fsp3) is 1.00. The lowest BCUT2D eigenvalue weighted by Gasteiger charge is -2.10. The Morgan fingerprint density at radius 2 is 1.58 bits per heavy atom. The van der Waals surface area contributed by atoms with E-state index in [1.54, 1.807) is 0 Å². The van der Waals surface area contributed by atoms with Crippen LogP contribution in [-0.2, 0) is 4.74 Å². The van der Waals surface area contributed by atoms with E-state index >= 15 is 0 Å². The van der Waals surface area contributed by atoms with Gasteiger partial charge in [-0.3, -0.25) is 0 Å². The highest BCUT2D eigenvalue weighted by Crippen LogP contribution is 2.14. The van der Waals surface area contributed by atoms with Crippen LogP contribution < -0.4 is 5.32 Å². The van der Waals surface area contributed by atoms with Gasteiger partial charge in [-0.15, -0.1) is 0 Å². The van der Waals surface area contributed by atoms with Gasteiger partial charge in [0.15, 0.2) is 0 Å². The summed E-state index contributed by atoms with van der Waals surface area (Å²) in [7, 11) is 0. The lowest BCUT2D eigenvalue weighted by Crippen LogP contribution is -2.21. The molecule has 0 rings (SSSR count). The van der Waals surface area contributed by atoms with E-state index in [0.29, 0.717) is 0 Å². The van der Waals surface area contributed by atoms with Crippen LogP contribution in [0.2, 0.25) is 0 Å². The maximum atomic E-state index is 5.66. The van der Waals surface area contributed by atoms with Crippen molar-refractivity contribution < 1.29 is 4.74 Å². The fourth-order valence-corrected chi connectivity index (χ4v) is 2.19. The van der Waals surface area contributed by atoms with E-state index in [4.69, 9.17) is 4.74 Å². The molecule has 0 aliphatic rings. The lowest BCUT2D eigenvalue weighted by molar-refractivity contribution is 0.126. The topological polar surface area (TPSA) is 21.3 Å². The zero-order valence-electron chi connectivity index (χ0n) is 13.8. The molecule has 0 aliphatic heterocycles. The van der Waals surface area contributed by atoms with Crippen LogP contribution in [0.3, 0.4) is 0 Å². The smallest absolute Gasteiger partial charge is 0.0478 e. The molecule has 0 aromatic rings. The molecule has 0 aliphatic carbocycles. The fourth-order valence-electron chi connectivity index (χ4n) is 2.19. The summed E-state index contributed by atoms with van der Waals surface area (Å²) in [5.41, 5.74) is 0. The van der Waals surface area contributed by atoms with Gasteiger partial charge in [-0.05, 0) is 37.8 Å². The van der Waals surface area contributed by atoms with Crippen LogP contribution in [0.15, 0.2) is 0 Å². The summed E-state index contributed by atoms with van der Waals surface area (Å²) in [6.07, 6.45) is 9.20. The van der Waals surface area contributed by atoms with Crippen molar-refractivity contribution in [3.63, 3.8) is 0 Å². The second-order valence-electron chi connectivity index (χ2n) is 6.31. The van der Waals surface area contributed by atoms with Crippen molar-refractivity contribution in [1.29, 1.82) is 0 Å². The van der Waals surface area contributed by atoms with Gasteiger partial charge in [0.05, 0.1) is 0 Å². The molecule has 1 unspecified atom stereocenters. The molecule has 0 fully saturated rings. The first-order valence-electron chi connectivity index (χ1n) is 8.45. The third kappa shape index (κ3) is 15.9. The molecule has 0 saturated heterocycles. The molecular formula is C17H37NO. The zero-order valence-corrected chi connectivity index (χ0v) is 13.8. The third-order valence-electron chi connectivity index (χ3n) is 3.48. The molecule has 0 radical (unpaired) electrons. The number of unbranched alkanes of at least 4 members (excludes halogenated alkanes) is 2. The van der Waals surface area contributed by atoms with Crippen LogP contribution in [0.1, 0.15) is 72.6 Å². The van der Waals surface area contributed by atoms with E-state index in [2.05, 4.69) is 33.0 Å². The average molecular weight is 271 g/mol. The number of rotatable bonds is 14. The Morgan fingerprint density at radius 1 is 0.895 bits per heavy atom. The predicted molar refractivity (Wildman–Crippen MR) is 85.7 cm³/mol. The van der Waals surface area contributed by atoms with Gasteiger partial charge in [0.1, 0.15) is 0 Å². The normalized spacial score (nSPS) is 13.1. The molecule has 1 N–H and O–H groups in total. The monoisotopic (exact) mass is 271 g/mol. The van der Waals surface area contributed by atoms with Gasteiger partial charge in [0, 0.05) is 13.2 Å². The summed E-state index contributed by atoms with van der Waals surface area (Å²) in [5.74, 6) is 1.65. The van der Waals surface area contributed by atoms with Crippen molar-refractivity contribution in [1.82, 2.24) is 5.32 Å². The first-order valence-corrected chi connectivity index (χ1v) is 8.45. The summed E-state index contributed by atoms with van der Waals surface area (Å²) in [5, 5.41) is 3.44. The Morgan fingerprint density at radius 3 is 2.26 bits per heavy atom.